The van der Waals surface area contributed by atoms with E-state index in [9.17, 15) is 0 Å². The average molecular weight is 223 g/mol. The van der Waals surface area contributed by atoms with Gasteiger partial charge in [-0.2, -0.15) is 0 Å². The van der Waals surface area contributed by atoms with Crippen LogP contribution in [-0.2, 0) is 0 Å². The fourth-order valence-electron chi connectivity index (χ4n) is 2.14. The maximum absolute atomic E-state index is 5.80. The van der Waals surface area contributed by atoms with E-state index in [1.807, 2.05) is 6.92 Å². The lowest BCUT2D eigenvalue weighted by Gasteiger charge is -2.31. The molecule has 0 aromatic rings. The van der Waals surface area contributed by atoms with Crippen LogP contribution in [0.15, 0.2) is 17.1 Å². The second kappa shape index (κ2) is 5.92. The van der Waals surface area contributed by atoms with E-state index in [0.29, 0.717) is 17.9 Å². The molecule has 0 atom stereocenters. The molecule has 3 nitrogen and oxygen atoms in total. The molecule has 3 heteroatoms. The van der Waals surface area contributed by atoms with Gasteiger partial charge in [0, 0.05) is 13.1 Å². The van der Waals surface area contributed by atoms with Gasteiger partial charge in [0.15, 0.2) is 5.96 Å². The standard InChI is InChI=1S/C13H25N3/c1-11(2)9-15-12(14)16-10-13(3)7-5-4-6-8-13/h1,4-10H2,2-3H3,(H3,14,15,16). The SMILES string of the molecule is C=C(C)CNC(N)=NCC1(C)CCCCC1. The van der Waals surface area contributed by atoms with E-state index in [1.165, 1.54) is 32.1 Å². The van der Waals surface area contributed by atoms with Crippen LogP contribution in [-0.4, -0.2) is 19.0 Å². The molecule has 1 rings (SSSR count). The van der Waals surface area contributed by atoms with Crippen molar-refractivity contribution >= 4 is 5.96 Å². The van der Waals surface area contributed by atoms with E-state index in [-0.39, 0.29) is 0 Å². The molecule has 0 saturated heterocycles. The minimum Gasteiger partial charge on any atom is -0.370 e. The number of rotatable bonds is 4. The zero-order valence-corrected chi connectivity index (χ0v) is 10.7. The molecule has 16 heavy (non-hydrogen) atoms. The number of nitrogens with one attached hydrogen (secondary N) is 1. The lowest BCUT2D eigenvalue weighted by atomic mass is 9.76. The summed E-state index contributed by atoms with van der Waals surface area (Å²) in [5, 5.41) is 3.07. The molecule has 0 radical (unpaired) electrons. The molecule has 0 aliphatic heterocycles. The number of hydrogen-bond acceptors (Lipinski definition) is 1. The topological polar surface area (TPSA) is 50.4 Å². The van der Waals surface area contributed by atoms with Crippen molar-refractivity contribution in [2.45, 2.75) is 46.0 Å². The Morgan fingerprint density at radius 1 is 1.38 bits per heavy atom. The number of nitrogens with zero attached hydrogens (tertiary/aromatic N) is 1. The molecule has 1 aliphatic carbocycles. The maximum atomic E-state index is 5.80. The highest BCUT2D eigenvalue weighted by atomic mass is 15.1. The fourth-order valence-corrected chi connectivity index (χ4v) is 2.14. The van der Waals surface area contributed by atoms with E-state index in [0.717, 1.165) is 12.1 Å². The molecule has 0 aromatic carbocycles. The van der Waals surface area contributed by atoms with Gasteiger partial charge in [-0.05, 0) is 25.2 Å². The van der Waals surface area contributed by atoms with Crippen LogP contribution < -0.4 is 11.1 Å². The van der Waals surface area contributed by atoms with E-state index in [1.54, 1.807) is 0 Å². The summed E-state index contributed by atoms with van der Waals surface area (Å²) < 4.78 is 0. The van der Waals surface area contributed by atoms with Crippen LogP contribution in [0.25, 0.3) is 0 Å². The molecular weight excluding hydrogens is 198 g/mol. The predicted molar refractivity (Wildman–Crippen MR) is 70.5 cm³/mol. The maximum Gasteiger partial charge on any atom is 0.188 e. The van der Waals surface area contributed by atoms with Crippen molar-refractivity contribution in [3.05, 3.63) is 12.2 Å². The van der Waals surface area contributed by atoms with Gasteiger partial charge in [-0.25, -0.2) is 0 Å². The summed E-state index contributed by atoms with van der Waals surface area (Å²) in [5.74, 6) is 0.551. The summed E-state index contributed by atoms with van der Waals surface area (Å²) in [6.45, 7) is 9.68. The summed E-state index contributed by atoms with van der Waals surface area (Å²) in [5.41, 5.74) is 7.24. The second-order valence-electron chi connectivity index (χ2n) is 5.38. The first kappa shape index (κ1) is 13.1. The van der Waals surface area contributed by atoms with Crippen LogP contribution in [0.4, 0.5) is 0 Å². The normalized spacial score (nSPS) is 20.5. The van der Waals surface area contributed by atoms with Crippen LogP contribution in [0, 0.1) is 5.41 Å². The third kappa shape index (κ3) is 4.69. The summed E-state index contributed by atoms with van der Waals surface area (Å²) >= 11 is 0. The summed E-state index contributed by atoms with van der Waals surface area (Å²) in [4.78, 5) is 4.43. The van der Waals surface area contributed by atoms with E-state index >= 15 is 0 Å². The zero-order valence-electron chi connectivity index (χ0n) is 10.7. The van der Waals surface area contributed by atoms with Crippen molar-refractivity contribution in [1.29, 1.82) is 0 Å². The van der Waals surface area contributed by atoms with E-state index in [4.69, 9.17) is 5.73 Å². The number of nitrogens with two attached hydrogens (primary N) is 1. The number of guanidine groups is 1. The highest BCUT2D eigenvalue weighted by Gasteiger charge is 2.26. The van der Waals surface area contributed by atoms with Crippen LogP contribution in [0.2, 0.25) is 0 Å². The highest BCUT2D eigenvalue weighted by Crippen LogP contribution is 2.35. The molecule has 0 aromatic heterocycles. The van der Waals surface area contributed by atoms with Gasteiger partial charge in [-0.1, -0.05) is 38.3 Å². The van der Waals surface area contributed by atoms with Gasteiger partial charge >= 0.3 is 0 Å². The Hall–Kier alpha value is -0.990. The Kier molecular flexibility index (Phi) is 4.84. The smallest absolute Gasteiger partial charge is 0.188 e. The van der Waals surface area contributed by atoms with Gasteiger partial charge in [-0.15, -0.1) is 0 Å². The summed E-state index contributed by atoms with van der Waals surface area (Å²) in [6, 6.07) is 0. The van der Waals surface area contributed by atoms with E-state index < -0.39 is 0 Å². The molecular formula is C13H25N3. The van der Waals surface area contributed by atoms with Crippen LogP contribution in [0.5, 0.6) is 0 Å². The first-order chi connectivity index (χ1) is 7.52. The Balaban J connectivity index is 2.35. The minimum absolute atomic E-state index is 0.369. The van der Waals surface area contributed by atoms with Crippen molar-refractivity contribution in [3.63, 3.8) is 0 Å². The fraction of sp³-hybridized carbons (Fsp3) is 0.769. The molecule has 3 N–H and O–H groups in total. The molecule has 0 bridgehead atoms. The molecule has 1 saturated carbocycles. The van der Waals surface area contributed by atoms with Gasteiger partial charge in [-0.3, -0.25) is 4.99 Å². The van der Waals surface area contributed by atoms with Crippen LogP contribution >= 0.6 is 0 Å². The second-order valence-corrected chi connectivity index (χ2v) is 5.38. The van der Waals surface area contributed by atoms with Crippen molar-refractivity contribution in [2.24, 2.45) is 16.1 Å². The molecule has 0 unspecified atom stereocenters. The predicted octanol–water partition coefficient (Wildman–Crippen LogP) is 2.44. The van der Waals surface area contributed by atoms with Crippen LogP contribution in [0.3, 0.4) is 0 Å². The molecule has 0 spiro atoms. The Morgan fingerprint density at radius 3 is 2.56 bits per heavy atom. The third-order valence-electron chi connectivity index (χ3n) is 3.26. The lowest BCUT2D eigenvalue weighted by Crippen LogP contribution is -2.34. The lowest BCUT2D eigenvalue weighted by molar-refractivity contribution is 0.227. The number of hydrogen-bond donors (Lipinski definition) is 2. The van der Waals surface area contributed by atoms with Crippen molar-refractivity contribution in [1.82, 2.24) is 5.32 Å². The highest BCUT2D eigenvalue weighted by molar-refractivity contribution is 5.78. The van der Waals surface area contributed by atoms with Crippen molar-refractivity contribution < 1.29 is 0 Å². The minimum atomic E-state index is 0.369. The van der Waals surface area contributed by atoms with Crippen molar-refractivity contribution in [2.75, 3.05) is 13.1 Å². The summed E-state index contributed by atoms with van der Waals surface area (Å²) in [6.07, 6.45) is 6.62. The third-order valence-corrected chi connectivity index (χ3v) is 3.26. The molecule has 0 amide bonds. The first-order valence-electron chi connectivity index (χ1n) is 6.20. The Morgan fingerprint density at radius 2 is 2.00 bits per heavy atom. The molecule has 1 aliphatic rings. The zero-order chi connectivity index (χ0) is 12.0. The van der Waals surface area contributed by atoms with Gasteiger partial charge < -0.3 is 11.1 Å². The van der Waals surface area contributed by atoms with Gasteiger partial charge in [0.05, 0.1) is 0 Å². The monoisotopic (exact) mass is 223 g/mol. The molecule has 92 valence electrons. The average Bonchev–Trinajstić information content (AvgIpc) is 2.25. The van der Waals surface area contributed by atoms with E-state index in [2.05, 4.69) is 23.8 Å². The Bertz CT molecular complexity index is 262. The molecule has 0 heterocycles. The van der Waals surface area contributed by atoms with Gasteiger partial charge in [0.25, 0.3) is 0 Å². The molecule has 1 fully saturated rings. The largest absolute Gasteiger partial charge is 0.370 e. The first-order valence-corrected chi connectivity index (χ1v) is 6.20. The number of aliphatic imine (C=N–C) groups is 1. The Labute approximate surface area is 99.2 Å². The van der Waals surface area contributed by atoms with Gasteiger partial charge in [0.1, 0.15) is 0 Å². The quantitative estimate of drug-likeness (QED) is 0.437. The van der Waals surface area contributed by atoms with Crippen LogP contribution in [0.1, 0.15) is 46.0 Å². The summed E-state index contributed by atoms with van der Waals surface area (Å²) in [7, 11) is 0. The van der Waals surface area contributed by atoms with Gasteiger partial charge in [0.2, 0.25) is 0 Å². The van der Waals surface area contributed by atoms with Crippen molar-refractivity contribution in [3.8, 4) is 0 Å².